The van der Waals surface area contributed by atoms with Crippen molar-refractivity contribution in [3.05, 3.63) is 11.4 Å². The molecule has 0 aromatic rings. The fourth-order valence-corrected chi connectivity index (χ4v) is 0.542. The second-order valence-corrected chi connectivity index (χ2v) is 2.16. The van der Waals surface area contributed by atoms with Crippen LogP contribution in [0.4, 0.5) is 17.6 Å². The SMILES string of the molecule is CCOC(=O)/C(C)=C(/F)C(F)(F)F. The van der Waals surface area contributed by atoms with Crippen LogP contribution in [0.15, 0.2) is 11.4 Å². The van der Waals surface area contributed by atoms with Crippen LogP contribution in [0.1, 0.15) is 13.8 Å². The number of halogens is 4. The van der Waals surface area contributed by atoms with Gasteiger partial charge in [0, 0.05) is 0 Å². The summed E-state index contributed by atoms with van der Waals surface area (Å²) in [5, 5.41) is 0. The van der Waals surface area contributed by atoms with Crippen molar-refractivity contribution >= 4 is 5.97 Å². The van der Waals surface area contributed by atoms with Gasteiger partial charge in [0.05, 0.1) is 12.2 Å². The van der Waals surface area contributed by atoms with E-state index < -0.39 is 23.5 Å². The average Bonchev–Trinajstić information content (AvgIpc) is 2.00. The second-order valence-electron chi connectivity index (χ2n) is 2.16. The number of rotatable bonds is 2. The molecule has 0 atom stereocenters. The molecule has 0 heterocycles. The molecule has 0 bridgehead atoms. The minimum absolute atomic E-state index is 0.0959. The Morgan fingerprint density at radius 2 is 1.85 bits per heavy atom. The van der Waals surface area contributed by atoms with Gasteiger partial charge in [0.2, 0.25) is 5.83 Å². The lowest BCUT2D eigenvalue weighted by Gasteiger charge is -2.06. The molecule has 6 heteroatoms. The summed E-state index contributed by atoms with van der Waals surface area (Å²) in [6, 6.07) is 0. The monoisotopic (exact) mass is 200 g/mol. The molecule has 0 aromatic heterocycles. The molecule has 0 aliphatic heterocycles. The van der Waals surface area contributed by atoms with E-state index in [0.29, 0.717) is 0 Å². The van der Waals surface area contributed by atoms with Gasteiger partial charge in [0.25, 0.3) is 0 Å². The fraction of sp³-hybridized carbons (Fsp3) is 0.571. The first kappa shape index (κ1) is 11.9. The molecule has 0 spiro atoms. The van der Waals surface area contributed by atoms with Gasteiger partial charge >= 0.3 is 12.1 Å². The molecule has 13 heavy (non-hydrogen) atoms. The number of hydrogen-bond acceptors (Lipinski definition) is 2. The molecule has 0 unspecified atom stereocenters. The molecule has 0 N–H and O–H groups in total. The van der Waals surface area contributed by atoms with Gasteiger partial charge in [-0.25, -0.2) is 9.18 Å². The maximum Gasteiger partial charge on any atom is 0.443 e. The minimum Gasteiger partial charge on any atom is -0.463 e. The molecular weight excluding hydrogens is 192 g/mol. The number of esters is 1. The van der Waals surface area contributed by atoms with Crippen molar-refractivity contribution in [2.24, 2.45) is 0 Å². The number of alkyl halides is 3. The lowest BCUT2D eigenvalue weighted by Crippen LogP contribution is -2.15. The van der Waals surface area contributed by atoms with Gasteiger partial charge in [0.1, 0.15) is 0 Å². The molecule has 0 fully saturated rings. The summed E-state index contributed by atoms with van der Waals surface area (Å²) < 4.78 is 51.5. The minimum atomic E-state index is -5.13. The Bertz CT molecular complexity index is 229. The van der Waals surface area contributed by atoms with E-state index in [1.54, 1.807) is 0 Å². The Balaban J connectivity index is 4.72. The molecule has 0 saturated carbocycles. The smallest absolute Gasteiger partial charge is 0.443 e. The van der Waals surface area contributed by atoms with E-state index in [2.05, 4.69) is 4.74 Å². The van der Waals surface area contributed by atoms with E-state index in [9.17, 15) is 22.4 Å². The summed E-state index contributed by atoms with van der Waals surface area (Å²) in [7, 11) is 0. The quantitative estimate of drug-likeness (QED) is 0.388. The zero-order valence-electron chi connectivity index (χ0n) is 7.04. The summed E-state index contributed by atoms with van der Waals surface area (Å²) in [4.78, 5) is 10.6. The zero-order chi connectivity index (χ0) is 10.6. The van der Waals surface area contributed by atoms with Crippen LogP contribution >= 0.6 is 0 Å². The third-order valence-electron chi connectivity index (χ3n) is 1.16. The second kappa shape index (κ2) is 4.25. The van der Waals surface area contributed by atoms with E-state index in [-0.39, 0.29) is 6.61 Å². The zero-order valence-corrected chi connectivity index (χ0v) is 7.04. The van der Waals surface area contributed by atoms with Crippen LogP contribution in [0.25, 0.3) is 0 Å². The van der Waals surface area contributed by atoms with Crippen LogP contribution in [0.3, 0.4) is 0 Å². The van der Waals surface area contributed by atoms with Crippen LogP contribution in [-0.4, -0.2) is 18.8 Å². The van der Waals surface area contributed by atoms with Crippen LogP contribution in [-0.2, 0) is 9.53 Å². The van der Waals surface area contributed by atoms with Crippen LogP contribution in [0.5, 0.6) is 0 Å². The number of carbonyl (C=O) groups is 1. The Morgan fingerprint density at radius 1 is 1.38 bits per heavy atom. The molecular formula is C7H8F4O2. The highest BCUT2D eigenvalue weighted by atomic mass is 19.4. The van der Waals surface area contributed by atoms with Crippen molar-refractivity contribution in [2.75, 3.05) is 6.61 Å². The van der Waals surface area contributed by atoms with Gasteiger partial charge in [-0.2, -0.15) is 13.2 Å². The van der Waals surface area contributed by atoms with Crippen molar-refractivity contribution in [1.82, 2.24) is 0 Å². The summed E-state index contributed by atoms with van der Waals surface area (Å²) in [5.41, 5.74) is -1.06. The lowest BCUT2D eigenvalue weighted by atomic mass is 10.2. The molecule has 0 aromatic carbocycles. The largest absolute Gasteiger partial charge is 0.463 e. The third-order valence-corrected chi connectivity index (χ3v) is 1.16. The van der Waals surface area contributed by atoms with Crippen molar-refractivity contribution in [3.63, 3.8) is 0 Å². The van der Waals surface area contributed by atoms with E-state index in [0.717, 1.165) is 6.92 Å². The first-order valence-corrected chi connectivity index (χ1v) is 3.41. The van der Waals surface area contributed by atoms with Crippen molar-refractivity contribution in [3.8, 4) is 0 Å². The Kier molecular flexibility index (Phi) is 3.90. The highest BCUT2D eigenvalue weighted by molar-refractivity contribution is 5.88. The van der Waals surface area contributed by atoms with Crippen LogP contribution in [0, 0.1) is 0 Å². The number of carbonyl (C=O) groups excluding carboxylic acids is 1. The Morgan fingerprint density at radius 3 is 2.15 bits per heavy atom. The molecule has 0 aliphatic carbocycles. The highest BCUT2D eigenvalue weighted by Crippen LogP contribution is 2.29. The van der Waals surface area contributed by atoms with Crippen molar-refractivity contribution in [2.45, 2.75) is 20.0 Å². The number of hydrogen-bond donors (Lipinski definition) is 0. The lowest BCUT2D eigenvalue weighted by molar-refractivity contribution is -0.141. The molecule has 76 valence electrons. The van der Waals surface area contributed by atoms with Gasteiger partial charge in [-0.1, -0.05) is 0 Å². The van der Waals surface area contributed by atoms with Crippen molar-refractivity contribution in [1.29, 1.82) is 0 Å². The van der Waals surface area contributed by atoms with E-state index in [4.69, 9.17) is 0 Å². The standard InChI is InChI=1S/C7H8F4O2/c1-3-13-6(12)4(2)5(8)7(9,10)11/h3H2,1-2H3/b5-4+. The van der Waals surface area contributed by atoms with Gasteiger partial charge < -0.3 is 4.74 Å². The van der Waals surface area contributed by atoms with Gasteiger partial charge in [-0.15, -0.1) is 0 Å². The maximum absolute atomic E-state index is 12.3. The predicted octanol–water partition coefficient (Wildman–Crippen LogP) is 2.36. The first-order chi connectivity index (χ1) is 5.80. The van der Waals surface area contributed by atoms with Crippen LogP contribution < -0.4 is 0 Å². The van der Waals surface area contributed by atoms with Gasteiger partial charge in [-0.05, 0) is 13.8 Å². The van der Waals surface area contributed by atoms with Crippen LogP contribution in [0.2, 0.25) is 0 Å². The van der Waals surface area contributed by atoms with Crippen molar-refractivity contribution < 1.29 is 27.1 Å². The molecule has 2 nitrogen and oxygen atoms in total. The van der Waals surface area contributed by atoms with E-state index in [1.807, 2.05) is 0 Å². The molecule has 0 radical (unpaired) electrons. The normalized spacial score (nSPS) is 13.7. The van der Waals surface area contributed by atoms with E-state index >= 15 is 0 Å². The number of ether oxygens (including phenoxy) is 1. The Hall–Kier alpha value is -1.07. The predicted molar refractivity (Wildman–Crippen MR) is 36.5 cm³/mol. The number of allylic oxidation sites excluding steroid dienone is 1. The summed E-state index contributed by atoms with van der Waals surface area (Å²) in [6.07, 6.45) is -5.13. The topological polar surface area (TPSA) is 26.3 Å². The van der Waals surface area contributed by atoms with Gasteiger partial charge in [-0.3, -0.25) is 0 Å². The maximum atomic E-state index is 12.3. The Labute approximate surface area is 72.2 Å². The third kappa shape index (κ3) is 3.43. The molecule has 0 saturated heterocycles. The summed E-state index contributed by atoms with van der Waals surface area (Å²) >= 11 is 0. The highest BCUT2D eigenvalue weighted by Gasteiger charge is 2.38. The molecule has 0 amide bonds. The molecule has 0 rings (SSSR count). The first-order valence-electron chi connectivity index (χ1n) is 3.41. The summed E-state index contributed by atoms with van der Waals surface area (Å²) in [5.74, 6) is -3.71. The average molecular weight is 200 g/mol. The fourth-order valence-electron chi connectivity index (χ4n) is 0.542. The van der Waals surface area contributed by atoms with E-state index in [1.165, 1.54) is 6.92 Å². The van der Waals surface area contributed by atoms with Gasteiger partial charge in [0.15, 0.2) is 0 Å². The summed E-state index contributed by atoms with van der Waals surface area (Å²) in [6.45, 7) is 2.04. The molecule has 0 aliphatic rings.